The van der Waals surface area contributed by atoms with Crippen LogP contribution in [0.1, 0.15) is 42.4 Å². The summed E-state index contributed by atoms with van der Waals surface area (Å²) < 4.78 is 16.1. The third-order valence-corrected chi connectivity index (χ3v) is 2.90. The molecule has 0 radical (unpaired) electrons. The second kappa shape index (κ2) is 4.57. The van der Waals surface area contributed by atoms with E-state index in [4.69, 9.17) is 14.2 Å². The number of pyridine rings is 1. The van der Waals surface area contributed by atoms with Gasteiger partial charge in [0.15, 0.2) is 11.4 Å². The number of hydrogen-bond acceptors (Lipinski definition) is 5. The van der Waals surface area contributed by atoms with E-state index < -0.39 is 11.8 Å². The van der Waals surface area contributed by atoms with Crippen LogP contribution in [-0.4, -0.2) is 23.9 Å². The highest BCUT2D eigenvalue weighted by Gasteiger charge is 2.33. The van der Waals surface area contributed by atoms with Crippen LogP contribution in [-0.2, 0) is 22.5 Å². The van der Waals surface area contributed by atoms with Crippen molar-refractivity contribution in [3.05, 3.63) is 23.0 Å². The van der Waals surface area contributed by atoms with Gasteiger partial charge in [-0.05, 0) is 12.0 Å². The van der Waals surface area contributed by atoms with Gasteiger partial charge < -0.3 is 14.2 Å². The largest absolute Gasteiger partial charge is 0.464 e. The fraction of sp³-hybridized carbons (Fsp3) is 0.538. The standard InChI is InChI=1S/C13H17NO4/c1-5-8-6-14-10(12(15)16-4)11-9(8)7-17-13(2,3)18-11/h6H,5,7H2,1-4H3. The van der Waals surface area contributed by atoms with Crippen molar-refractivity contribution in [2.45, 2.75) is 39.6 Å². The third-order valence-electron chi connectivity index (χ3n) is 2.90. The summed E-state index contributed by atoms with van der Waals surface area (Å²) in [5.74, 6) is -0.770. The first-order chi connectivity index (χ1) is 8.48. The van der Waals surface area contributed by atoms with E-state index in [0.29, 0.717) is 12.4 Å². The van der Waals surface area contributed by atoms with Gasteiger partial charge in [-0.25, -0.2) is 9.78 Å². The smallest absolute Gasteiger partial charge is 0.360 e. The van der Waals surface area contributed by atoms with E-state index in [0.717, 1.165) is 17.5 Å². The van der Waals surface area contributed by atoms with E-state index in [1.165, 1.54) is 7.11 Å². The summed E-state index contributed by atoms with van der Waals surface area (Å²) in [5, 5.41) is 0. The summed E-state index contributed by atoms with van der Waals surface area (Å²) in [6.45, 7) is 6.04. The molecule has 5 heteroatoms. The van der Waals surface area contributed by atoms with Gasteiger partial charge in [-0.15, -0.1) is 0 Å². The van der Waals surface area contributed by atoms with Crippen molar-refractivity contribution in [2.24, 2.45) is 0 Å². The monoisotopic (exact) mass is 251 g/mol. The highest BCUT2D eigenvalue weighted by atomic mass is 16.7. The van der Waals surface area contributed by atoms with Crippen LogP contribution in [0.5, 0.6) is 5.75 Å². The molecule has 0 amide bonds. The van der Waals surface area contributed by atoms with E-state index >= 15 is 0 Å². The molecule has 1 aliphatic heterocycles. The molecular formula is C13H17NO4. The molecule has 0 spiro atoms. The molecule has 0 atom stereocenters. The number of esters is 1. The van der Waals surface area contributed by atoms with Crippen molar-refractivity contribution < 1.29 is 19.0 Å². The van der Waals surface area contributed by atoms with E-state index in [2.05, 4.69) is 4.98 Å². The lowest BCUT2D eigenvalue weighted by Gasteiger charge is -2.33. The number of carbonyl (C=O) groups is 1. The predicted octanol–water partition coefficient (Wildman–Crippen LogP) is 2.08. The number of fused-ring (bicyclic) bond motifs is 1. The summed E-state index contributed by atoms with van der Waals surface area (Å²) >= 11 is 0. The Morgan fingerprint density at radius 1 is 1.56 bits per heavy atom. The average Bonchev–Trinajstić information content (AvgIpc) is 2.35. The number of nitrogens with zero attached hydrogens (tertiary/aromatic N) is 1. The zero-order chi connectivity index (χ0) is 13.3. The van der Waals surface area contributed by atoms with E-state index in [1.807, 2.05) is 6.92 Å². The van der Waals surface area contributed by atoms with Gasteiger partial charge in [0.05, 0.1) is 13.7 Å². The highest BCUT2D eigenvalue weighted by molar-refractivity contribution is 5.91. The molecule has 98 valence electrons. The van der Waals surface area contributed by atoms with Gasteiger partial charge in [0.2, 0.25) is 5.79 Å². The fourth-order valence-electron chi connectivity index (χ4n) is 1.90. The molecule has 0 unspecified atom stereocenters. The van der Waals surface area contributed by atoms with Crippen LogP contribution in [0.2, 0.25) is 0 Å². The number of methoxy groups -OCH3 is 1. The van der Waals surface area contributed by atoms with Gasteiger partial charge in [-0.1, -0.05) is 6.92 Å². The number of aryl methyl sites for hydroxylation is 1. The topological polar surface area (TPSA) is 57.7 Å². The number of aromatic nitrogens is 1. The Morgan fingerprint density at radius 3 is 2.89 bits per heavy atom. The average molecular weight is 251 g/mol. The first-order valence-electron chi connectivity index (χ1n) is 5.90. The summed E-state index contributed by atoms with van der Waals surface area (Å²) in [5.41, 5.74) is 2.11. The maximum atomic E-state index is 11.7. The molecule has 0 N–H and O–H groups in total. The number of hydrogen-bond donors (Lipinski definition) is 0. The van der Waals surface area contributed by atoms with Crippen LogP contribution < -0.4 is 4.74 Å². The zero-order valence-electron chi connectivity index (χ0n) is 11.1. The van der Waals surface area contributed by atoms with Gasteiger partial charge >= 0.3 is 5.97 Å². The van der Waals surface area contributed by atoms with Gasteiger partial charge in [0, 0.05) is 25.6 Å². The molecule has 1 aromatic rings. The molecule has 0 fully saturated rings. The van der Waals surface area contributed by atoms with Crippen LogP contribution in [0, 0.1) is 0 Å². The Morgan fingerprint density at radius 2 is 2.28 bits per heavy atom. The molecule has 2 rings (SSSR count). The van der Waals surface area contributed by atoms with Crippen molar-refractivity contribution in [1.29, 1.82) is 0 Å². The normalized spacial score (nSPS) is 16.7. The molecule has 0 aromatic carbocycles. The van der Waals surface area contributed by atoms with E-state index in [1.54, 1.807) is 20.0 Å². The van der Waals surface area contributed by atoms with E-state index in [9.17, 15) is 4.79 Å². The first-order valence-corrected chi connectivity index (χ1v) is 5.90. The number of rotatable bonds is 2. The third kappa shape index (κ3) is 2.18. The Labute approximate surface area is 106 Å². The van der Waals surface area contributed by atoms with Crippen LogP contribution in [0.25, 0.3) is 0 Å². The molecule has 1 aromatic heterocycles. The summed E-state index contributed by atoms with van der Waals surface area (Å²) in [6, 6.07) is 0. The quantitative estimate of drug-likeness (QED) is 0.753. The molecule has 18 heavy (non-hydrogen) atoms. The lowest BCUT2D eigenvalue weighted by Crippen LogP contribution is -2.37. The Bertz CT molecular complexity index is 482. The van der Waals surface area contributed by atoms with Crippen molar-refractivity contribution in [1.82, 2.24) is 4.98 Å². The molecule has 0 aliphatic carbocycles. The first kappa shape index (κ1) is 12.8. The molecule has 0 bridgehead atoms. The molecule has 1 aliphatic rings. The second-order valence-electron chi connectivity index (χ2n) is 4.58. The van der Waals surface area contributed by atoms with Crippen LogP contribution in [0.15, 0.2) is 6.20 Å². The maximum absolute atomic E-state index is 11.7. The minimum absolute atomic E-state index is 0.209. The van der Waals surface area contributed by atoms with Crippen LogP contribution in [0.3, 0.4) is 0 Å². The van der Waals surface area contributed by atoms with Gasteiger partial charge in [-0.2, -0.15) is 0 Å². The summed E-state index contributed by atoms with van der Waals surface area (Å²) in [4.78, 5) is 15.8. The minimum Gasteiger partial charge on any atom is -0.464 e. The van der Waals surface area contributed by atoms with Crippen molar-refractivity contribution >= 4 is 5.97 Å². The van der Waals surface area contributed by atoms with Crippen molar-refractivity contribution in [3.8, 4) is 5.75 Å². The second-order valence-corrected chi connectivity index (χ2v) is 4.58. The molecular weight excluding hydrogens is 234 g/mol. The SMILES string of the molecule is CCc1cnc(C(=O)OC)c2c1COC(C)(C)O2. The Kier molecular flexibility index (Phi) is 3.26. The van der Waals surface area contributed by atoms with Crippen LogP contribution in [0.4, 0.5) is 0 Å². The predicted molar refractivity (Wildman–Crippen MR) is 64.5 cm³/mol. The Hall–Kier alpha value is -1.62. The number of ether oxygens (including phenoxy) is 3. The van der Waals surface area contributed by atoms with Gasteiger partial charge in [0.25, 0.3) is 0 Å². The van der Waals surface area contributed by atoms with Crippen molar-refractivity contribution in [3.63, 3.8) is 0 Å². The minimum atomic E-state index is -0.760. The lowest BCUT2D eigenvalue weighted by molar-refractivity contribution is -0.180. The summed E-state index contributed by atoms with van der Waals surface area (Å²) in [6.07, 6.45) is 2.49. The fourth-order valence-corrected chi connectivity index (χ4v) is 1.90. The molecule has 0 saturated heterocycles. The van der Waals surface area contributed by atoms with E-state index in [-0.39, 0.29) is 5.69 Å². The zero-order valence-corrected chi connectivity index (χ0v) is 11.1. The van der Waals surface area contributed by atoms with Crippen LogP contribution >= 0.6 is 0 Å². The maximum Gasteiger partial charge on any atom is 0.360 e. The van der Waals surface area contributed by atoms with Crippen molar-refractivity contribution in [2.75, 3.05) is 7.11 Å². The molecule has 0 saturated carbocycles. The summed E-state index contributed by atoms with van der Waals surface area (Å²) in [7, 11) is 1.33. The highest BCUT2D eigenvalue weighted by Crippen LogP contribution is 2.35. The molecule has 5 nitrogen and oxygen atoms in total. The van der Waals surface area contributed by atoms with Gasteiger partial charge in [0.1, 0.15) is 0 Å². The lowest BCUT2D eigenvalue weighted by atomic mass is 10.0. The van der Waals surface area contributed by atoms with Gasteiger partial charge in [-0.3, -0.25) is 0 Å². The Balaban J connectivity index is 2.55. The number of carbonyl (C=O) groups excluding carboxylic acids is 1. The molecule has 2 heterocycles.